The molecule has 30 heavy (non-hydrogen) atoms. The molecule has 0 fully saturated rings. The zero-order valence-corrected chi connectivity index (χ0v) is 19.4. The maximum absolute atomic E-state index is 13.0. The molecule has 0 bridgehead atoms. The van der Waals surface area contributed by atoms with Crippen LogP contribution in [0.2, 0.25) is 0 Å². The van der Waals surface area contributed by atoms with E-state index in [4.69, 9.17) is 0 Å². The Hall–Kier alpha value is -2.29. The van der Waals surface area contributed by atoms with Crippen LogP contribution < -0.4 is 10.0 Å². The van der Waals surface area contributed by atoms with Gasteiger partial charge in [0, 0.05) is 5.69 Å². The minimum absolute atomic E-state index is 0.131. The van der Waals surface area contributed by atoms with Gasteiger partial charge in [0.1, 0.15) is 6.04 Å². The first-order valence-corrected chi connectivity index (χ1v) is 12.1. The van der Waals surface area contributed by atoms with Crippen molar-refractivity contribution in [2.24, 2.45) is 5.92 Å². The highest BCUT2D eigenvalue weighted by Gasteiger charge is 2.27. The number of thiazole rings is 1. The van der Waals surface area contributed by atoms with Crippen molar-refractivity contribution < 1.29 is 13.2 Å². The van der Waals surface area contributed by atoms with E-state index in [-0.39, 0.29) is 16.7 Å². The molecule has 2 N–H and O–H groups in total. The lowest BCUT2D eigenvalue weighted by atomic mass is 10.0. The number of hydrogen-bond acceptors (Lipinski definition) is 5. The first-order valence-electron chi connectivity index (χ1n) is 9.82. The molecule has 0 aliphatic heterocycles. The molecule has 3 rings (SSSR count). The van der Waals surface area contributed by atoms with Crippen molar-refractivity contribution in [2.75, 3.05) is 5.32 Å². The lowest BCUT2D eigenvalue weighted by molar-refractivity contribution is -0.118. The average Bonchev–Trinajstić information content (AvgIpc) is 2.98. The van der Waals surface area contributed by atoms with Gasteiger partial charge >= 0.3 is 0 Å². The van der Waals surface area contributed by atoms with Crippen molar-refractivity contribution in [1.82, 2.24) is 9.71 Å². The molecular weight excluding hydrogens is 418 g/mol. The zero-order chi connectivity index (χ0) is 22.1. The summed E-state index contributed by atoms with van der Waals surface area (Å²) >= 11 is 1.44. The van der Waals surface area contributed by atoms with Crippen LogP contribution in [-0.4, -0.2) is 25.4 Å². The number of aromatic nitrogens is 1. The number of rotatable bonds is 7. The maximum Gasteiger partial charge on any atom is 0.242 e. The van der Waals surface area contributed by atoms with Gasteiger partial charge in [0.15, 0.2) is 0 Å². The van der Waals surface area contributed by atoms with Gasteiger partial charge in [0.25, 0.3) is 0 Å². The summed E-state index contributed by atoms with van der Waals surface area (Å²) in [5.41, 5.74) is 3.48. The third-order valence-electron chi connectivity index (χ3n) is 4.59. The highest BCUT2D eigenvalue weighted by Crippen LogP contribution is 2.25. The summed E-state index contributed by atoms with van der Waals surface area (Å²) in [7, 11) is -3.87. The van der Waals surface area contributed by atoms with E-state index in [0.717, 1.165) is 26.4 Å². The number of hydrogen-bond donors (Lipinski definition) is 2. The number of carbonyl (C=O) groups excluding carboxylic acids is 1. The number of benzene rings is 2. The molecule has 8 heteroatoms. The molecule has 1 heterocycles. The van der Waals surface area contributed by atoms with E-state index in [1.807, 2.05) is 52.8 Å². The number of carbonyl (C=O) groups is 1. The van der Waals surface area contributed by atoms with Gasteiger partial charge in [-0.2, -0.15) is 4.72 Å². The normalized spacial score (nSPS) is 13.0. The summed E-state index contributed by atoms with van der Waals surface area (Å²) in [5, 5.41) is 3.74. The van der Waals surface area contributed by atoms with Crippen molar-refractivity contribution in [1.29, 1.82) is 0 Å². The summed E-state index contributed by atoms with van der Waals surface area (Å²) in [6.07, 6.45) is 0.387. The van der Waals surface area contributed by atoms with Gasteiger partial charge in [-0.3, -0.25) is 4.79 Å². The number of fused-ring (bicyclic) bond motifs is 1. The molecule has 1 aromatic heterocycles. The Morgan fingerprint density at radius 3 is 2.37 bits per heavy atom. The maximum atomic E-state index is 13.0. The summed E-state index contributed by atoms with van der Waals surface area (Å²) < 4.78 is 29.5. The molecule has 6 nitrogen and oxygen atoms in total. The fraction of sp³-hybridized carbons (Fsp3) is 0.364. The Balaban J connectivity index is 1.85. The average molecular weight is 446 g/mol. The zero-order valence-electron chi connectivity index (χ0n) is 17.8. The molecule has 1 atom stereocenters. The number of aryl methyl sites for hydroxylation is 3. The van der Waals surface area contributed by atoms with Crippen molar-refractivity contribution in [3.05, 3.63) is 52.5 Å². The fourth-order valence-electron chi connectivity index (χ4n) is 3.40. The van der Waals surface area contributed by atoms with Gasteiger partial charge in [-0.1, -0.05) is 19.9 Å². The van der Waals surface area contributed by atoms with Gasteiger partial charge in [-0.15, -0.1) is 11.3 Å². The van der Waals surface area contributed by atoms with Gasteiger partial charge < -0.3 is 5.32 Å². The summed E-state index contributed by atoms with van der Waals surface area (Å²) in [5.74, 6) is -0.235. The smallest absolute Gasteiger partial charge is 0.242 e. The van der Waals surface area contributed by atoms with Gasteiger partial charge in [-0.25, -0.2) is 13.4 Å². The third kappa shape index (κ3) is 5.44. The van der Waals surface area contributed by atoms with Crippen molar-refractivity contribution in [3.8, 4) is 0 Å². The Morgan fingerprint density at radius 2 is 1.73 bits per heavy atom. The van der Waals surface area contributed by atoms with E-state index in [0.29, 0.717) is 12.1 Å². The fourth-order valence-corrected chi connectivity index (χ4v) is 5.57. The predicted octanol–water partition coefficient (Wildman–Crippen LogP) is 4.55. The number of nitrogens with zero attached hydrogens (tertiary/aromatic N) is 1. The molecule has 0 spiro atoms. The molecule has 0 saturated heterocycles. The SMILES string of the molecule is Cc1cc(C)cc(NC(=O)[C@H](CC(C)C)NS(=O)(=O)c2ccc3nc(C)sc3c2)c1. The topological polar surface area (TPSA) is 88.2 Å². The molecule has 0 aliphatic rings. The number of nitrogens with one attached hydrogen (secondary N) is 2. The van der Waals surface area contributed by atoms with E-state index in [1.165, 1.54) is 17.4 Å². The van der Waals surface area contributed by atoms with E-state index >= 15 is 0 Å². The molecule has 2 aromatic carbocycles. The number of amides is 1. The Kier molecular flexibility index (Phi) is 6.59. The van der Waals surface area contributed by atoms with Crippen molar-refractivity contribution in [3.63, 3.8) is 0 Å². The van der Waals surface area contributed by atoms with Gasteiger partial charge in [0.2, 0.25) is 15.9 Å². The van der Waals surface area contributed by atoms with Gasteiger partial charge in [0.05, 0.1) is 20.1 Å². The van der Waals surface area contributed by atoms with Crippen molar-refractivity contribution in [2.45, 2.75) is 52.0 Å². The highest BCUT2D eigenvalue weighted by atomic mass is 32.2. The Bertz CT molecular complexity index is 1160. The van der Waals surface area contributed by atoms with Crippen LogP contribution >= 0.6 is 11.3 Å². The van der Waals surface area contributed by atoms with E-state index in [1.54, 1.807) is 12.1 Å². The molecule has 0 unspecified atom stereocenters. The monoisotopic (exact) mass is 445 g/mol. The molecule has 0 radical (unpaired) electrons. The molecular formula is C22H27N3O3S2. The van der Waals surface area contributed by atoms with Crippen LogP contribution in [0, 0.1) is 26.7 Å². The van der Waals surface area contributed by atoms with Crippen LogP contribution in [-0.2, 0) is 14.8 Å². The number of anilines is 1. The summed E-state index contributed by atoms with van der Waals surface area (Å²) in [4.78, 5) is 17.4. The summed E-state index contributed by atoms with van der Waals surface area (Å²) in [6, 6.07) is 9.70. The molecule has 160 valence electrons. The summed E-state index contributed by atoms with van der Waals surface area (Å²) in [6.45, 7) is 9.70. The highest BCUT2D eigenvalue weighted by molar-refractivity contribution is 7.89. The largest absolute Gasteiger partial charge is 0.325 e. The minimum Gasteiger partial charge on any atom is -0.325 e. The molecule has 0 saturated carbocycles. The standard InChI is InChI=1S/C22H27N3O3S2/c1-13(2)8-20(22(26)24-17-10-14(3)9-15(4)11-17)25-30(27,28)18-6-7-19-21(12-18)29-16(5)23-19/h6-7,9-13,20,25H,8H2,1-5H3,(H,24,26)/t20-/m0/s1. The second kappa shape index (κ2) is 8.83. The van der Waals surface area contributed by atoms with E-state index in [2.05, 4.69) is 15.0 Å². The second-order valence-corrected chi connectivity index (χ2v) is 11.0. The third-order valence-corrected chi connectivity index (χ3v) is 6.99. The van der Waals surface area contributed by atoms with Crippen LogP contribution in [0.15, 0.2) is 41.3 Å². The van der Waals surface area contributed by atoms with Crippen LogP contribution in [0.4, 0.5) is 5.69 Å². The van der Waals surface area contributed by atoms with Gasteiger partial charge in [-0.05, 0) is 74.6 Å². The first kappa shape index (κ1) is 22.4. The Labute approximate surface area is 181 Å². The molecule has 0 aliphatic carbocycles. The van der Waals surface area contributed by atoms with Crippen LogP contribution in [0.1, 0.15) is 36.4 Å². The van der Waals surface area contributed by atoms with E-state index < -0.39 is 16.1 Å². The Morgan fingerprint density at radius 1 is 1.07 bits per heavy atom. The lowest BCUT2D eigenvalue weighted by Gasteiger charge is -2.20. The van der Waals surface area contributed by atoms with E-state index in [9.17, 15) is 13.2 Å². The van der Waals surface area contributed by atoms with Crippen LogP contribution in [0.5, 0.6) is 0 Å². The van der Waals surface area contributed by atoms with Crippen molar-refractivity contribution >= 4 is 43.2 Å². The second-order valence-electron chi connectivity index (χ2n) is 8.03. The minimum atomic E-state index is -3.87. The van der Waals surface area contributed by atoms with Crippen LogP contribution in [0.25, 0.3) is 10.2 Å². The lowest BCUT2D eigenvalue weighted by Crippen LogP contribution is -2.44. The number of sulfonamides is 1. The molecule has 1 amide bonds. The quantitative estimate of drug-likeness (QED) is 0.558. The predicted molar refractivity (Wildman–Crippen MR) is 122 cm³/mol. The molecule has 3 aromatic rings. The first-order chi connectivity index (χ1) is 14.0. The van der Waals surface area contributed by atoms with Crippen LogP contribution in [0.3, 0.4) is 0 Å².